The van der Waals surface area contributed by atoms with Gasteiger partial charge < -0.3 is 28.9 Å². The van der Waals surface area contributed by atoms with E-state index in [1.54, 1.807) is 35.0 Å². The van der Waals surface area contributed by atoms with Gasteiger partial charge in [-0.2, -0.15) is 0 Å². The molecular formula is C24H31N3O5. The molecule has 2 aromatic rings. The summed E-state index contributed by atoms with van der Waals surface area (Å²) >= 11 is 0. The molecule has 0 aromatic heterocycles. The summed E-state index contributed by atoms with van der Waals surface area (Å²) in [4.78, 5) is 30.6. The lowest BCUT2D eigenvalue weighted by molar-refractivity contribution is -0.137. The van der Waals surface area contributed by atoms with E-state index in [0.717, 1.165) is 11.3 Å². The minimum atomic E-state index is -0.129. The third kappa shape index (κ3) is 5.91. The molecule has 0 unspecified atom stereocenters. The molecule has 172 valence electrons. The Bertz CT molecular complexity index is 924. The van der Waals surface area contributed by atoms with Crippen molar-refractivity contribution in [2.24, 2.45) is 0 Å². The summed E-state index contributed by atoms with van der Waals surface area (Å²) in [5, 5.41) is 0. The standard InChI is InChI=1S/C24H31N3O5/c1-25(2)20-8-5-18(6-9-20)16-26(3)24(29)19-7-10-21(22(15-19)30-4)32-17-23(28)27-11-13-31-14-12-27/h5-10,15H,11-14,16-17H2,1-4H3. The SMILES string of the molecule is COc1cc(C(=O)N(C)Cc2ccc(N(C)C)cc2)ccc1OCC(=O)N1CCOCC1. The highest BCUT2D eigenvalue weighted by Crippen LogP contribution is 2.29. The second-order valence-corrected chi connectivity index (χ2v) is 7.87. The summed E-state index contributed by atoms with van der Waals surface area (Å²) < 4.78 is 16.3. The van der Waals surface area contributed by atoms with E-state index >= 15 is 0 Å². The van der Waals surface area contributed by atoms with Crippen LogP contribution in [-0.4, -0.2) is 82.8 Å². The number of rotatable bonds is 8. The van der Waals surface area contributed by atoms with E-state index in [1.165, 1.54) is 7.11 Å². The van der Waals surface area contributed by atoms with Crippen LogP contribution in [0.2, 0.25) is 0 Å². The zero-order chi connectivity index (χ0) is 23.1. The molecule has 0 saturated carbocycles. The van der Waals surface area contributed by atoms with Crippen molar-refractivity contribution in [3.63, 3.8) is 0 Å². The van der Waals surface area contributed by atoms with Crippen molar-refractivity contribution in [2.75, 3.05) is 66.1 Å². The molecule has 0 spiro atoms. The average molecular weight is 442 g/mol. The van der Waals surface area contributed by atoms with Gasteiger partial charge in [-0.05, 0) is 35.9 Å². The number of carbonyl (C=O) groups is 2. The largest absolute Gasteiger partial charge is 0.493 e. The van der Waals surface area contributed by atoms with Gasteiger partial charge >= 0.3 is 0 Å². The number of morpholine rings is 1. The van der Waals surface area contributed by atoms with Crippen LogP contribution in [-0.2, 0) is 16.1 Å². The molecule has 1 heterocycles. The van der Waals surface area contributed by atoms with Gasteiger partial charge in [0.2, 0.25) is 0 Å². The maximum absolute atomic E-state index is 12.9. The molecule has 8 nitrogen and oxygen atoms in total. The van der Waals surface area contributed by atoms with Gasteiger partial charge in [0.15, 0.2) is 18.1 Å². The lowest BCUT2D eigenvalue weighted by Crippen LogP contribution is -2.43. The fraction of sp³-hybridized carbons (Fsp3) is 0.417. The highest BCUT2D eigenvalue weighted by atomic mass is 16.5. The smallest absolute Gasteiger partial charge is 0.260 e. The highest BCUT2D eigenvalue weighted by molar-refractivity contribution is 5.94. The van der Waals surface area contributed by atoms with Gasteiger partial charge in [-0.1, -0.05) is 12.1 Å². The molecule has 2 aromatic carbocycles. The minimum absolute atomic E-state index is 0.0908. The van der Waals surface area contributed by atoms with E-state index in [1.807, 2.05) is 43.3 Å². The third-order valence-electron chi connectivity index (χ3n) is 5.34. The van der Waals surface area contributed by atoms with Gasteiger partial charge in [0.05, 0.1) is 20.3 Å². The number of nitrogens with zero attached hydrogens (tertiary/aromatic N) is 3. The van der Waals surface area contributed by atoms with Crippen molar-refractivity contribution < 1.29 is 23.8 Å². The van der Waals surface area contributed by atoms with Crippen molar-refractivity contribution in [2.45, 2.75) is 6.54 Å². The summed E-state index contributed by atoms with van der Waals surface area (Å²) in [6, 6.07) is 13.1. The predicted molar refractivity (Wildman–Crippen MR) is 122 cm³/mol. The van der Waals surface area contributed by atoms with Gasteiger partial charge in [-0.3, -0.25) is 9.59 Å². The zero-order valence-corrected chi connectivity index (χ0v) is 19.2. The predicted octanol–water partition coefficient (Wildman–Crippen LogP) is 2.27. The van der Waals surface area contributed by atoms with Crippen molar-refractivity contribution in [1.29, 1.82) is 0 Å². The molecule has 1 saturated heterocycles. The Kier molecular flexibility index (Phi) is 7.94. The summed E-state index contributed by atoms with van der Waals surface area (Å²) in [7, 11) is 7.25. The van der Waals surface area contributed by atoms with E-state index in [2.05, 4.69) is 0 Å². The molecule has 0 N–H and O–H groups in total. The number of carbonyl (C=O) groups excluding carboxylic acids is 2. The number of anilines is 1. The zero-order valence-electron chi connectivity index (χ0n) is 19.2. The quantitative estimate of drug-likeness (QED) is 0.626. The number of ether oxygens (including phenoxy) is 3. The summed E-state index contributed by atoms with van der Waals surface area (Å²) in [6.07, 6.45) is 0. The third-order valence-corrected chi connectivity index (χ3v) is 5.34. The van der Waals surface area contributed by atoms with E-state index in [-0.39, 0.29) is 18.4 Å². The van der Waals surface area contributed by atoms with Crippen LogP contribution in [0, 0.1) is 0 Å². The van der Waals surface area contributed by atoms with E-state index in [0.29, 0.717) is 49.9 Å². The Morgan fingerprint density at radius 2 is 1.69 bits per heavy atom. The minimum Gasteiger partial charge on any atom is -0.493 e. The molecule has 0 radical (unpaired) electrons. The molecule has 1 aliphatic heterocycles. The normalized spacial score (nSPS) is 13.4. The van der Waals surface area contributed by atoms with Gasteiger partial charge in [-0.25, -0.2) is 0 Å². The van der Waals surface area contributed by atoms with E-state index in [4.69, 9.17) is 14.2 Å². The fourth-order valence-electron chi connectivity index (χ4n) is 3.43. The second-order valence-electron chi connectivity index (χ2n) is 7.87. The molecule has 3 rings (SSSR count). The van der Waals surface area contributed by atoms with Crippen molar-refractivity contribution in [3.05, 3.63) is 53.6 Å². The monoisotopic (exact) mass is 441 g/mol. The van der Waals surface area contributed by atoms with Gasteiger partial charge in [0, 0.05) is 52.0 Å². The van der Waals surface area contributed by atoms with Crippen LogP contribution in [0.15, 0.2) is 42.5 Å². The topological polar surface area (TPSA) is 71.6 Å². The first kappa shape index (κ1) is 23.4. The van der Waals surface area contributed by atoms with Crippen LogP contribution in [0.5, 0.6) is 11.5 Å². The van der Waals surface area contributed by atoms with Crippen LogP contribution in [0.25, 0.3) is 0 Å². The van der Waals surface area contributed by atoms with Crippen LogP contribution < -0.4 is 14.4 Å². The number of amides is 2. The molecular weight excluding hydrogens is 410 g/mol. The summed E-state index contributed by atoms with van der Waals surface area (Å²) in [5.74, 6) is 0.605. The Morgan fingerprint density at radius 1 is 1.00 bits per heavy atom. The summed E-state index contributed by atoms with van der Waals surface area (Å²) in [6.45, 7) is 2.61. The van der Waals surface area contributed by atoms with E-state index < -0.39 is 0 Å². The maximum Gasteiger partial charge on any atom is 0.260 e. The number of benzene rings is 2. The maximum atomic E-state index is 12.9. The number of hydrogen-bond acceptors (Lipinski definition) is 6. The Morgan fingerprint density at radius 3 is 2.31 bits per heavy atom. The molecule has 1 fully saturated rings. The lowest BCUT2D eigenvalue weighted by Gasteiger charge is -2.26. The first-order chi connectivity index (χ1) is 15.4. The number of hydrogen-bond donors (Lipinski definition) is 0. The lowest BCUT2D eigenvalue weighted by atomic mass is 10.1. The molecule has 1 aliphatic rings. The van der Waals surface area contributed by atoms with E-state index in [9.17, 15) is 9.59 Å². The van der Waals surface area contributed by atoms with Gasteiger partial charge in [0.25, 0.3) is 11.8 Å². The Labute approximate surface area is 189 Å². The summed E-state index contributed by atoms with van der Waals surface area (Å²) in [5.41, 5.74) is 2.64. The molecule has 32 heavy (non-hydrogen) atoms. The van der Waals surface area contributed by atoms with Crippen molar-refractivity contribution in [3.8, 4) is 11.5 Å². The molecule has 0 atom stereocenters. The van der Waals surface area contributed by atoms with Gasteiger partial charge in [0.1, 0.15) is 0 Å². The molecule has 0 aliphatic carbocycles. The fourth-order valence-corrected chi connectivity index (χ4v) is 3.43. The van der Waals surface area contributed by atoms with Crippen molar-refractivity contribution >= 4 is 17.5 Å². The number of methoxy groups -OCH3 is 1. The molecule has 8 heteroatoms. The molecule has 0 bridgehead atoms. The van der Waals surface area contributed by atoms with Crippen LogP contribution in [0.4, 0.5) is 5.69 Å². The molecule has 2 amide bonds. The van der Waals surface area contributed by atoms with Crippen LogP contribution >= 0.6 is 0 Å². The highest BCUT2D eigenvalue weighted by Gasteiger charge is 2.19. The average Bonchev–Trinajstić information content (AvgIpc) is 2.82. The second kappa shape index (κ2) is 10.9. The van der Waals surface area contributed by atoms with Crippen molar-refractivity contribution in [1.82, 2.24) is 9.80 Å². The first-order valence-corrected chi connectivity index (χ1v) is 10.6. The van der Waals surface area contributed by atoms with Crippen LogP contribution in [0.3, 0.4) is 0 Å². The van der Waals surface area contributed by atoms with Crippen LogP contribution in [0.1, 0.15) is 15.9 Å². The Hall–Kier alpha value is -3.26. The first-order valence-electron chi connectivity index (χ1n) is 10.6. The van der Waals surface area contributed by atoms with Gasteiger partial charge in [-0.15, -0.1) is 0 Å². The Balaban J connectivity index is 1.62.